The highest BCUT2D eigenvalue weighted by molar-refractivity contribution is 5.90. The van der Waals surface area contributed by atoms with E-state index in [1.807, 2.05) is 26.8 Å². The van der Waals surface area contributed by atoms with E-state index >= 15 is 0 Å². The standard InChI is InChI=1S/C26H38O6/c1-15(2)11-22(29)32-10-8-19-17(12-16(3)27)24(30)23-18-13-25(19,4)9-7-20(18)26(5,31-6)14-21(23)28/h8,10-11,17-21,23,28H,7,9,12-14H2,1-6H3/b10-8+/t17-,18-,19-,20+,21?,23-,25-,26-/m0/s1. The Morgan fingerprint density at radius 3 is 2.47 bits per heavy atom. The van der Waals surface area contributed by atoms with Crippen LogP contribution in [0.1, 0.15) is 66.7 Å². The van der Waals surface area contributed by atoms with Crippen LogP contribution in [0.15, 0.2) is 24.0 Å². The van der Waals surface area contributed by atoms with Crippen molar-refractivity contribution in [2.24, 2.45) is 35.0 Å². The van der Waals surface area contributed by atoms with Crippen molar-refractivity contribution in [3.63, 3.8) is 0 Å². The SMILES string of the molecule is CO[C@@]1(C)CC(O)[C@H]2C(=O)[C@@H](CC(C)=O)[C@H](/C=C/OC(=O)C=C(C)C)[C@@]3(C)CC[C@@H]1[C@@H]2C3. The van der Waals surface area contributed by atoms with Crippen molar-refractivity contribution < 1.29 is 29.0 Å². The van der Waals surface area contributed by atoms with Crippen LogP contribution in [-0.4, -0.2) is 41.5 Å². The fourth-order valence-corrected chi connectivity index (χ4v) is 6.81. The molecule has 0 aromatic carbocycles. The van der Waals surface area contributed by atoms with Crippen molar-refractivity contribution >= 4 is 17.5 Å². The molecule has 3 rings (SSSR count). The van der Waals surface area contributed by atoms with E-state index in [0.717, 1.165) is 24.8 Å². The normalized spacial score (nSPS) is 41.2. The zero-order chi connectivity index (χ0) is 23.8. The minimum absolute atomic E-state index is 0.0102. The molecule has 0 aliphatic heterocycles. The number of ether oxygens (including phenoxy) is 2. The molecule has 1 unspecified atom stereocenters. The van der Waals surface area contributed by atoms with Gasteiger partial charge in [0.15, 0.2) is 0 Å². The zero-order valence-electron chi connectivity index (χ0n) is 20.2. The van der Waals surface area contributed by atoms with Gasteiger partial charge in [-0.15, -0.1) is 0 Å². The second kappa shape index (κ2) is 9.22. The van der Waals surface area contributed by atoms with Crippen LogP contribution in [0.2, 0.25) is 0 Å². The first-order chi connectivity index (χ1) is 14.9. The molecule has 0 amide bonds. The van der Waals surface area contributed by atoms with Gasteiger partial charge in [-0.25, -0.2) is 4.79 Å². The third-order valence-electron chi connectivity index (χ3n) is 8.30. The first-order valence-electron chi connectivity index (χ1n) is 11.7. The van der Waals surface area contributed by atoms with E-state index in [1.165, 1.54) is 19.3 Å². The van der Waals surface area contributed by atoms with Crippen molar-refractivity contribution in [1.29, 1.82) is 0 Å². The second-order valence-corrected chi connectivity index (χ2v) is 10.9. The number of Topliss-reactive ketones (excluding diaryl/α,β-unsaturated/α-hetero) is 2. The maximum atomic E-state index is 13.8. The highest BCUT2D eigenvalue weighted by Crippen LogP contribution is 2.61. The molecule has 0 heterocycles. The number of hydrogen-bond donors (Lipinski definition) is 1. The van der Waals surface area contributed by atoms with Crippen molar-refractivity contribution in [1.82, 2.24) is 0 Å². The Morgan fingerprint density at radius 2 is 1.88 bits per heavy atom. The van der Waals surface area contributed by atoms with Gasteiger partial charge in [0.25, 0.3) is 0 Å². The number of fused-ring (bicyclic) bond motifs is 1. The van der Waals surface area contributed by atoms with Gasteiger partial charge < -0.3 is 19.4 Å². The maximum absolute atomic E-state index is 13.8. The highest BCUT2D eigenvalue weighted by Gasteiger charge is 2.61. The predicted octanol–water partition coefficient (Wildman–Crippen LogP) is 4.01. The number of carbonyl (C=O) groups excluding carboxylic acids is 3. The van der Waals surface area contributed by atoms with E-state index in [4.69, 9.17) is 9.47 Å². The third-order valence-corrected chi connectivity index (χ3v) is 8.30. The number of esters is 1. The van der Waals surface area contributed by atoms with Gasteiger partial charge in [-0.05, 0) is 76.2 Å². The molecule has 3 fully saturated rings. The topological polar surface area (TPSA) is 89.9 Å². The largest absolute Gasteiger partial charge is 0.432 e. The lowest BCUT2D eigenvalue weighted by atomic mass is 9.53. The Bertz CT molecular complexity index is 824. The van der Waals surface area contributed by atoms with E-state index < -0.39 is 29.5 Å². The molecular formula is C26H38O6. The third kappa shape index (κ3) is 4.62. The van der Waals surface area contributed by atoms with Gasteiger partial charge in [-0.1, -0.05) is 12.5 Å². The molecule has 0 aromatic heterocycles. The lowest BCUT2D eigenvalue weighted by Gasteiger charge is -2.55. The number of methoxy groups -OCH3 is 1. The lowest BCUT2D eigenvalue weighted by Crippen LogP contribution is -2.57. The van der Waals surface area contributed by atoms with E-state index in [0.29, 0.717) is 6.42 Å². The van der Waals surface area contributed by atoms with Crippen LogP contribution in [0.3, 0.4) is 0 Å². The summed E-state index contributed by atoms with van der Waals surface area (Å²) in [7, 11) is 1.68. The van der Waals surface area contributed by atoms with E-state index in [2.05, 4.69) is 6.92 Å². The molecule has 6 heteroatoms. The minimum atomic E-state index is -0.788. The molecule has 0 saturated heterocycles. The Hall–Kier alpha value is -1.79. The van der Waals surface area contributed by atoms with Crippen molar-refractivity contribution in [3.8, 4) is 0 Å². The number of carbonyl (C=O) groups is 3. The number of rotatable bonds is 6. The number of hydrogen-bond acceptors (Lipinski definition) is 6. The molecule has 6 nitrogen and oxygen atoms in total. The van der Waals surface area contributed by atoms with Crippen LogP contribution >= 0.6 is 0 Å². The summed E-state index contributed by atoms with van der Waals surface area (Å²) in [5, 5.41) is 11.1. The molecule has 3 aliphatic rings. The van der Waals surface area contributed by atoms with E-state index in [1.54, 1.807) is 7.11 Å². The van der Waals surface area contributed by atoms with Gasteiger partial charge in [0.1, 0.15) is 11.6 Å². The molecule has 2 bridgehead atoms. The van der Waals surface area contributed by atoms with Crippen molar-refractivity contribution in [2.75, 3.05) is 7.11 Å². The number of ketones is 2. The molecule has 3 aliphatic carbocycles. The first kappa shape index (κ1) is 24.8. The van der Waals surface area contributed by atoms with Gasteiger partial charge >= 0.3 is 5.97 Å². The smallest absolute Gasteiger partial charge is 0.335 e. The fraction of sp³-hybridized carbons (Fsp3) is 0.731. The van der Waals surface area contributed by atoms with Gasteiger partial charge in [0.05, 0.1) is 18.0 Å². The molecule has 8 atom stereocenters. The second-order valence-electron chi connectivity index (χ2n) is 10.9. The molecule has 32 heavy (non-hydrogen) atoms. The summed E-state index contributed by atoms with van der Waals surface area (Å²) in [5.41, 5.74) is 0.136. The van der Waals surface area contributed by atoms with Crippen LogP contribution in [0.4, 0.5) is 0 Å². The number of aliphatic hydroxyl groups is 1. The Kier molecular flexibility index (Phi) is 7.16. The van der Waals surface area contributed by atoms with Crippen LogP contribution < -0.4 is 0 Å². The molecule has 178 valence electrons. The fourth-order valence-electron chi connectivity index (χ4n) is 6.81. The van der Waals surface area contributed by atoms with Crippen LogP contribution in [-0.2, 0) is 23.9 Å². The Morgan fingerprint density at radius 1 is 1.19 bits per heavy atom. The summed E-state index contributed by atoms with van der Waals surface area (Å²) in [4.78, 5) is 38.0. The van der Waals surface area contributed by atoms with Gasteiger partial charge in [0, 0.05) is 37.9 Å². The monoisotopic (exact) mass is 446 g/mol. The van der Waals surface area contributed by atoms with Crippen molar-refractivity contribution in [2.45, 2.75) is 78.4 Å². The summed E-state index contributed by atoms with van der Waals surface area (Å²) in [6.07, 6.45) is 6.93. The highest BCUT2D eigenvalue weighted by atomic mass is 16.5. The summed E-state index contributed by atoms with van der Waals surface area (Å²) < 4.78 is 11.1. The Balaban J connectivity index is 2.00. The molecule has 0 spiro atoms. The summed E-state index contributed by atoms with van der Waals surface area (Å²) in [5.74, 6) is -1.61. The lowest BCUT2D eigenvalue weighted by molar-refractivity contribution is -0.174. The first-order valence-corrected chi connectivity index (χ1v) is 11.7. The van der Waals surface area contributed by atoms with E-state index in [-0.39, 0.29) is 41.2 Å². The quantitative estimate of drug-likeness (QED) is 0.377. The zero-order valence-corrected chi connectivity index (χ0v) is 20.2. The van der Waals surface area contributed by atoms with Gasteiger partial charge in [-0.2, -0.15) is 0 Å². The minimum Gasteiger partial charge on any atom is -0.432 e. The summed E-state index contributed by atoms with van der Waals surface area (Å²) in [6, 6.07) is 0. The van der Waals surface area contributed by atoms with Crippen LogP contribution in [0.5, 0.6) is 0 Å². The molecular weight excluding hydrogens is 408 g/mol. The molecule has 0 radical (unpaired) electrons. The van der Waals surface area contributed by atoms with E-state index in [9.17, 15) is 19.5 Å². The predicted molar refractivity (Wildman–Crippen MR) is 120 cm³/mol. The van der Waals surface area contributed by atoms with Gasteiger partial charge in [-0.3, -0.25) is 4.79 Å². The molecule has 3 saturated carbocycles. The van der Waals surface area contributed by atoms with Gasteiger partial charge in [0.2, 0.25) is 0 Å². The summed E-state index contributed by atoms with van der Waals surface area (Å²) in [6.45, 7) is 9.35. The van der Waals surface area contributed by atoms with Crippen LogP contribution in [0.25, 0.3) is 0 Å². The average Bonchev–Trinajstić information content (AvgIpc) is 2.74. The summed E-state index contributed by atoms with van der Waals surface area (Å²) >= 11 is 0. The van der Waals surface area contributed by atoms with Crippen molar-refractivity contribution in [3.05, 3.63) is 24.0 Å². The molecule has 1 N–H and O–H groups in total. The maximum Gasteiger partial charge on any atom is 0.335 e. The Labute approximate surface area is 191 Å². The number of aliphatic hydroxyl groups excluding tert-OH is 1. The number of allylic oxidation sites excluding steroid dienone is 2. The molecule has 0 aromatic rings. The van der Waals surface area contributed by atoms with Crippen LogP contribution in [0, 0.1) is 35.0 Å². The average molecular weight is 447 g/mol.